The Hall–Kier alpha value is -2.72. The largest absolute Gasteiger partial charge is 0.356 e. The Labute approximate surface area is 181 Å². The fourth-order valence-corrected chi connectivity index (χ4v) is 4.79. The number of hydrogen-bond donors (Lipinski definition) is 1. The van der Waals surface area contributed by atoms with Crippen LogP contribution in [0.3, 0.4) is 0 Å². The van der Waals surface area contributed by atoms with Crippen LogP contribution in [0.2, 0.25) is 0 Å². The SMILES string of the molecule is N#CCCN(C(=O)CCC(=O)NCCCc1nc2c(s1)CCCC2)c1ccccc1. The van der Waals surface area contributed by atoms with Crippen LogP contribution in [0, 0.1) is 11.3 Å². The van der Waals surface area contributed by atoms with Gasteiger partial charge in [-0.2, -0.15) is 5.26 Å². The molecule has 1 heterocycles. The molecule has 7 heteroatoms. The fourth-order valence-electron chi connectivity index (χ4n) is 3.59. The number of hydrogen-bond acceptors (Lipinski definition) is 5. The molecule has 30 heavy (non-hydrogen) atoms. The van der Waals surface area contributed by atoms with Gasteiger partial charge in [0.05, 0.1) is 23.2 Å². The molecule has 3 rings (SSSR count). The summed E-state index contributed by atoms with van der Waals surface area (Å²) in [4.78, 5) is 32.5. The minimum absolute atomic E-state index is 0.116. The third kappa shape index (κ3) is 6.39. The molecule has 2 aromatic rings. The Morgan fingerprint density at radius 2 is 1.97 bits per heavy atom. The number of anilines is 1. The summed E-state index contributed by atoms with van der Waals surface area (Å²) >= 11 is 1.82. The number of carbonyl (C=O) groups excluding carboxylic acids is 2. The Kier molecular flexibility index (Phi) is 8.40. The number of thiazole rings is 1. The summed E-state index contributed by atoms with van der Waals surface area (Å²) in [5.74, 6) is -0.255. The second-order valence-electron chi connectivity index (χ2n) is 7.43. The van der Waals surface area contributed by atoms with E-state index in [0.717, 1.165) is 31.4 Å². The van der Waals surface area contributed by atoms with Crippen LogP contribution in [-0.4, -0.2) is 29.9 Å². The van der Waals surface area contributed by atoms with Gasteiger partial charge in [0.25, 0.3) is 0 Å². The molecular weight excluding hydrogens is 396 g/mol. The number of carbonyl (C=O) groups is 2. The molecule has 1 aromatic heterocycles. The quantitative estimate of drug-likeness (QED) is 0.588. The minimum Gasteiger partial charge on any atom is -0.356 e. The lowest BCUT2D eigenvalue weighted by molar-refractivity contribution is -0.125. The Bertz CT molecular complexity index is 865. The van der Waals surface area contributed by atoms with Crippen molar-refractivity contribution in [3.8, 4) is 6.07 Å². The zero-order valence-electron chi connectivity index (χ0n) is 17.2. The molecule has 1 N–H and O–H groups in total. The summed E-state index contributed by atoms with van der Waals surface area (Å²) < 4.78 is 0. The van der Waals surface area contributed by atoms with Gasteiger partial charge in [0.1, 0.15) is 0 Å². The molecule has 0 saturated carbocycles. The van der Waals surface area contributed by atoms with Crippen molar-refractivity contribution in [3.05, 3.63) is 45.9 Å². The standard InChI is InChI=1S/C23H28N4O2S/c24-15-7-17-27(18-8-2-1-3-9-18)23(29)14-13-21(28)25-16-6-12-22-26-19-10-4-5-11-20(19)30-22/h1-3,8-9H,4-7,10-14,16-17H2,(H,25,28). The van der Waals surface area contributed by atoms with E-state index in [2.05, 4.69) is 11.4 Å². The molecule has 6 nitrogen and oxygen atoms in total. The lowest BCUT2D eigenvalue weighted by atomic mass is 10.0. The molecule has 2 amide bonds. The topological polar surface area (TPSA) is 86.1 Å². The number of aryl methyl sites for hydroxylation is 3. The highest BCUT2D eigenvalue weighted by atomic mass is 32.1. The molecule has 1 aromatic carbocycles. The Morgan fingerprint density at radius 3 is 2.73 bits per heavy atom. The lowest BCUT2D eigenvalue weighted by Gasteiger charge is -2.21. The monoisotopic (exact) mass is 424 g/mol. The average molecular weight is 425 g/mol. The third-order valence-corrected chi connectivity index (χ3v) is 6.38. The van der Waals surface area contributed by atoms with E-state index in [-0.39, 0.29) is 31.1 Å². The van der Waals surface area contributed by atoms with Gasteiger partial charge >= 0.3 is 0 Å². The zero-order chi connectivity index (χ0) is 21.2. The number of nitriles is 1. The highest BCUT2D eigenvalue weighted by Crippen LogP contribution is 2.27. The van der Waals surface area contributed by atoms with Gasteiger partial charge in [0.2, 0.25) is 11.8 Å². The molecule has 0 spiro atoms. The average Bonchev–Trinajstić information content (AvgIpc) is 3.19. The van der Waals surface area contributed by atoms with Crippen LogP contribution in [0.25, 0.3) is 0 Å². The van der Waals surface area contributed by atoms with Gasteiger partial charge < -0.3 is 10.2 Å². The van der Waals surface area contributed by atoms with Crippen LogP contribution in [0.4, 0.5) is 5.69 Å². The van der Waals surface area contributed by atoms with Crippen LogP contribution < -0.4 is 10.2 Å². The number of para-hydroxylation sites is 1. The first-order valence-electron chi connectivity index (χ1n) is 10.6. The summed E-state index contributed by atoms with van der Waals surface area (Å²) in [6.45, 7) is 0.923. The van der Waals surface area contributed by atoms with Crippen molar-refractivity contribution in [2.24, 2.45) is 0 Å². The minimum atomic E-state index is -0.139. The molecule has 0 aliphatic heterocycles. The van der Waals surface area contributed by atoms with Crippen molar-refractivity contribution in [1.29, 1.82) is 5.26 Å². The van der Waals surface area contributed by atoms with Gasteiger partial charge in [-0.15, -0.1) is 11.3 Å². The molecule has 0 atom stereocenters. The van der Waals surface area contributed by atoms with Crippen LogP contribution in [0.15, 0.2) is 30.3 Å². The van der Waals surface area contributed by atoms with E-state index in [1.54, 1.807) is 4.90 Å². The third-order valence-electron chi connectivity index (χ3n) is 5.16. The molecule has 158 valence electrons. The fraction of sp³-hybridized carbons (Fsp3) is 0.478. The molecule has 0 unspecified atom stereocenters. The van der Waals surface area contributed by atoms with Crippen molar-refractivity contribution in [1.82, 2.24) is 10.3 Å². The molecule has 0 saturated heterocycles. The van der Waals surface area contributed by atoms with E-state index < -0.39 is 0 Å². The highest BCUT2D eigenvalue weighted by molar-refractivity contribution is 7.11. The van der Waals surface area contributed by atoms with Gasteiger partial charge in [-0.3, -0.25) is 9.59 Å². The maximum atomic E-state index is 12.6. The number of rotatable bonds is 10. The second kappa shape index (κ2) is 11.5. The van der Waals surface area contributed by atoms with E-state index in [1.807, 2.05) is 41.7 Å². The summed E-state index contributed by atoms with van der Waals surface area (Å²) in [7, 11) is 0. The zero-order valence-corrected chi connectivity index (χ0v) is 18.0. The lowest BCUT2D eigenvalue weighted by Crippen LogP contribution is -2.33. The smallest absolute Gasteiger partial charge is 0.227 e. The molecule has 1 aliphatic carbocycles. The number of amides is 2. The van der Waals surface area contributed by atoms with Gasteiger partial charge in [0, 0.05) is 42.9 Å². The van der Waals surface area contributed by atoms with Crippen molar-refractivity contribution in [3.63, 3.8) is 0 Å². The summed E-state index contributed by atoms with van der Waals surface area (Å²) in [5.41, 5.74) is 2.03. The van der Waals surface area contributed by atoms with E-state index >= 15 is 0 Å². The highest BCUT2D eigenvalue weighted by Gasteiger charge is 2.17. The van der Waals surface area contributed by atoms with Crippen molar-refractivity contribution >= 4 is 28.8 Å². The van der Waals surface area contributed by atoms with Crippen LogP contribution >= 0.6 is 11.3 Å². The van der Waals surface area contributed by atoms with Crippen LogP contribution in [-0.2, 0) is 28.9 Å². The molecule has 0 bridgehead atoms. The van der Waals surface area contributed by atoms with E-state index in [4.69, 9.17) is 10.2 Å². The summed E-state index contributed by atoms with van der Waals surface area (Å²) in [6.07, 6.45) is 7.04. The number of aromatic nitrogens is 1. The summed E-state index contributed by atoms with van der Waals surface area (Å²) in [5, 5.41) is 12.9. The number of nitrogens with zero attached hydrogens (tertiary/aromatic N) is 3. The van der Waals surface area contributed by atoms with E-state index in [9.17, 15) is 9.59 Å². The van der Waals surface area contributed by atoms with Crippen molar-refractivity contribution in [2.45, 2.75) is 57.8 Å². The Balaban J connectivity index is 1.38. The maximum absolute atomic E-state index is 12.6. The predicted octanol–water partition coefficient (Wildman–Crippen LogP) is 3.80. The van der Waals surface area contributed by atoms with Gasteiger partial charge in [-0.1, -0.05) is 18.2 Å². The first-order valence-corrected chi connectivity index (χ1v) is 11.5. The molecule has 0 fully saturated rings. The molecule has 0 radical (unpaired) electrons. The number of benzene rings is 1. The van der Waals surface area contributed by atoms with Gasteiger partial charge in [-0.05, 0) is 44.2 Å². The van der Waals surface area contributed by atoms with Crippen molar-refractivity contribution in [2.75, 3.05) is 18.0 Å². The molecular formula is C23H28N4O2S. The number of nitrogens with one attached hydrogen (secondary N) is 1. The maximum Gasteiger partial charge on any atom is 0.227 e. The number of fused-ring (bicyclic) bond motifs is 1. The van der Waals surface area contributed by atoms with Crippen LogP contribution in [0.5, 0.6) is 0 Å². The van der Waals surface area contributed by atoms with E-state index in [0.29, 0.717) is 13.1 Å². The van der Waals surface area contributed by atoms with Crippen LogP contribution in [0.1, 0.15) is 54.1 Å². The predicted molar refractivity (Wildman–Crippen MR) is 118 cm³/mol. The Morgan fingerprint density at radius 1 is 1.17 bits per heavy atom. The second-order valence-corrected chi connectivity index (χ2v) is 8.60. The van der Waals surface area contributed by atoms with Crippen molar-refractivity contribution < 1.29 is 9.59 Å². The van der Waals surface area contributed by atoms with Gasteiger partial charge in [-0.25, -0.2) is 4.98 Å². The first-order chi connectivity index (χ1) is 14.7. The first kappa shape index (κ1) is 22.0. The summed E-state index contributed by atoms with van der Waals surface area (Å²) in [6, 6.07) is 11.3. The molecule has 1 aliphatic rings. The normalized spacial score (nSPS) is 12.6. The van der Waals surface area contributed by atoms with Gasteiger partial charge in [0.15, 0.2) is 0 Å². The van der Waals surface area contributed by atoms with E-state index in [1.165, 1.54) is 28.4 Å².